The molecule has 0 spiro atoms. The summed E-state index contributed by atoms with van der Waals surface area (Å²) in [5.74, 6) is -0.722. The number of amides is 1. The van der Waals surface area contributed by atoms with Gasteiger partial charge >= 0.3 is 5.97 Å². The molecule has 3 rings (SSSR count). The van der Waals surface area contributed by atoms with E-state index in [9.17, 15) is 9.59 Å². The number of rotatable bonds is 2. The number of nitrogens with one attached hydrogen (secondary N) is 1. The highest BCUT2D eigenvalue weighted by atomic mass is 16.5. The second-order valence-corrected chi connectivity index (χ2v) is 5.05. The molecule has 0 saturated carbocycles. The van der Waals surface area contributed by atoms with Gasteiger partial charge in [-0.25, -0.2) is 4.79 Å². The number of nitrogens with zero attached hydrogens (tertiary/aromatic N) is 1. The topological polar surface area (TPSA) is 78.9 Å². The Morgan fingerprint density at radius 1 is 1.35 bits per heavy atom. The van der Waals surface area contributed by atoms with Crippen molar-refractivity contribution in [2.45, 2.75) is 12.5 Å². The molecule has 2 unspecified atom stereocenters. The lowest BCUT2D eigenvalue weighted by Gasteiger charge is -2.34. The van der Waals surface area contributed by atoms with Crippen LogP contribution in [-0.2, 0) is 9.59 Å². The monoisotopic (exact) mass is 276 g/mol. The maximum Gasteiger partial charge on any atom is 0.346 e. The van der Waals surface area contributed by atoms with Crippen molar-refractivity contribution in [2.24, 2.45) is 5.92 Å². The molecule has 1 fully saturated rings. The molecule has 1 saturated heterocycles. The first-order valence-electron chi connectivity index (χ1n) is 6.67. The number of aliphatic carboxylic acids is 1. The average molecular weight is 276 g/mol. The lowest BCUT2D eigenvalue weighted by Crippen LogP contribution is -2.49. The molecule has 0 aromatic heterocycles. The number of carboxylic acid groups (broad SMARTS) is 1. The summed E-state index contributed by atoms with van der Waals surface area (Å²) in [5.41, 5.74) is 0.655. The van der Waals surface area contributed by atoms with Gasteiger partial charge in [-0.3, -0.25) is 4.79 Å². The van der Waals surface area contributed by atoms with Gasteiger partial charge in [0, 0.05) is 6.54 Å². The van der Waals surface area contributed by atoms with Gasteiger partial charge in [0.05, 0.1) is 18.2 Å². The summed E-state index contributed by atoms with van der Waals surface area (Å²) in [4.78, 5) is 25.3. The van der Waals surface area contributed by atoms with Crippen molar-refractivity contribution < 1.29 is 19.4 Å². The van der Waals surface area contributed by atoms with Crippen LogP contribution in [0.25, 0.3) is 0 Å². The molecule has 106 valence electrons. The fourth-order valence-corrected chi connectivity index (χ4v) is 2.66. The summed E-state index contributed by atoms with van der Waals surface area (Å²) in [6, 6.07) is 7.06. The van der Waals surface area contributed by atoms with Crippen molar-refractivity contribution in [3.63, 3.8) is 0 Å². The van der Waals surface area contributed by atoms with Gasteiger partial charge in [-0.15, -0.1) is 0 Å². The fourth-order valence-electron chi connectivity index (χ4n) is 2.66. The van der Waals surface area contributed by atoms with Gasteiger partial charge in [-0.2, -0.15) is 0 Å². The molecule has 2 N–H and O–H groups in total. The third-order valence-electron chi connectivity index (χ3n) is 3.72. The van der Waals surface area contributed by atoms with Gasteiger partial charge in [-0.1, -0.05) is 12.1 Å². The molecule has 1 amide bonds. The first kappa shape index (κ1) is 12.9. The van der Waals surface area contributed by atoms with Gasteiger partial charge < -0.3 is 20.1 Å². The first-order chi connectivity index (χ1) is 9.66. The number of hydrogen-bond acceptors (Lipinski definition) is 4. The minimum atomic E-state index is -1.05. The van der Waals surface area contributed by atoms with Crippen molar-refractivity contribution in [3.8, 4) is 5.75 Å². The Balaban J connectivity index is 1.91. The maximum absolute atomic E-state index is 12.6. The van der Waals surface area contributed by atoms with E-state index in [1.165, 1.54) is 0 Å². The number of carbonyl (C=O) groups excluding carboxylic acids is 1. The summed E-state index contributed by atoms with van der Waals surface area (Å²) in [6.45, 7) is 1.53. The van der Waals surface area contributed by atoms with E-state index in [1.807, 2.05) is 6.07 Å². The number of ether oxygens (including phenoxy) is 1. The normalized spacial score (nSPS) is 24.9. The van der Waals surface area contributed by atoms with E-state index < -0.39 is 12.1 Å². The van der Waals surface area contributed by atoms with E-state index in [4.69, 9.17) is 9.84 Å². The molecule has 20 heavy (non-hydrogen) atoms. The van der Waals surface area contributed by atoms with Crippen LogP contribution in [0.3, 0.4) is 0 Å². The standard InChI is InChI=1S/C14H16N2O4/c17-13(9-5-6-15-7-9)16-8-12(14(18)19)20-11-4-2-1-3-10(11)16/h1-4,9,12,15H,5-8H2,(H,18,19). The van der Waals surface area contributed by atoms with Gasteiger partial charge in [0.2, 0.25) is 12.0 Å². The zero-order valence-corrected chi connectivity index (χ0v) is 10.9. The predicted octanol–water partition coefficient (Wildman–Crippen LogP) is 0.475. The maximum atomic E-state index is 12.6. The highest BCUT2D eigenvalue weighted by Gasteiger charge is 2.36. The number of anilines is 1. The molecule has 1 aromatic carbocycles. The van der Waals surface area contributed by atoms with Crippen LogP contribution in [0.15, 0.2) is 24.3 Å². The molecular formula is C14H16N2O4. The minimum Gasteiger partial charge on any atom is -0.478 e. The Bertz CT molecular complexity index is 540. The molecular weight excluding hydrogens is 260 g/mol. The Labute approximate surface area is 116 Å². The number of carbonyl (C=O) groups is 2. The molecule has 2 aliphatic rings. The number of para-hydroxylation sites is 2. The van der Waals surface area contributed by atoms with Crippen LogP contribution in [0.2, 0.25) is 0 Å². The Hall–Kier alpha value is -2.08. The summed E-state index contributed by atoms with van der Waals surface area (Å²) in [5, 5.41) is 12.3. The van der Waals surface area contributed by atoms with Crippen LogP contribution in [0.5, 0.6) is 5.75 Å². The quantitative estimate of drug-likeness (QED) is 0.821. The van der Waals surface area contributed by atoms with E-state index in [0.717, 1.165) is 13.0 Å². The minimum absolute atomic E-state index is 0.0306. The van der Waals surface area contributed by atoms with Gasteiger partial charge in [0.25, 0.3) is 0 Å². The van der Waals surface area contributed by atoms with E-state index in [-0.39, 0.29) is 18.4 Å². The molecule has 0 bridgehead atoms. The van der Waals surface area contributed by atoms with Crippen LogP contribution in [0.1, 0.15) is 6.42 Å². The summed E-state index contributed by atoms with van der Waals surface area (Å²) in [7, 11) is 0. The molecule has 1 aromatic rings. The summed E-state index contributed by atoms with van der Waals surface area (Å²) >= 11 is 0. The molecule has 0 radical (unpaired) electrons. The van der Waals surface area contributed by atoms with Crippen LogP contribution in [0, 0.1) is 5.92 Å². The average Bonchev–Trinajstić information content (AvgIpc) is 2.99. The van der Waals surface area contributed by atoms with Crippen LogP contribution >= 0.6 is 0 Å². The van der Waals surface area contributed by atoms with Crippen molar-refractivity contribution in [1.82, 2.24) is 5.32 Å². The fraction of sp³-hybridized carbons (Fsp3) is 0.429. The number of fused-ring (bicyclic) bond motifs is 1. The smallest absolute Gasteiger partial charge is 0.346 e. The predicted molar refractivity (Wildman–Crippen MR) is 71.8 cm³/mol. The van der Waals surface area contributed by atoms with E-state index in [1.54, 1.807) is 23.1 Å². The Morgan fingerprint density at radius 3 is 2.85 bits per heavy atom. The highest BCUT2D eigenvalue weighted by molar-refractivity contribution is 5.98. The largest absolute Gasteiger partial charge is 0.478 e. The third-order valence-corrected chi connectivity index (χ3v) is 3.72. The zero-order valence-electron chi connectivity index (χ0n) is 10.9. The summed E-state index contributed by atoms with van der Waals surface area (Å²) in [6.07, 6.45) is -0.223. The third kappa shape index (κ3) is 2.22. The molecule has 0 aliphatic carbocycles. The molecule has 2 atom stereocenters. The van der Waals surface area contributed by atoms with Gasteiger partial charge in [-0.05, 0) is 25.1 Å². The van der Waals surface area contributed by atoms with Crippen LogP contribution in [-0.4, -0.2) is 42.7 Å². The van der Waals surface area contributed by atoms with E-state index in [0.29, 0.717) is 18.0 Å². The number of hydrogen-bond donors (Lipinski definition) is 2. The first-order valence-corrected chi connectivity index (χ1v) is 6.67. The van der Waals surface area contributed by atoms with Crippen molar-refractivity contribution in [3.05, 3.63) is 24.3 Å². The lowest BCUT2D eigenvalue weighted by atomic mass is 10.1. The van der Waals surface area contributed by atoms with Crippen LogP contribution in [0.4, 0.5) is 5.69 Å². The zero-order chi connectivity index (χ0) is 14.1. The highest BCUT2D eigenvalue weighted by Crippen LogP contribution is 2.34. The SMILES string of the molecule is O=C(O)C1CN(C(=O)C2CCNC2)c2ccccc2O1. The van der Waals surface area contributed by atoms with Crippen molar-refractivity contribution in [2.75, 3.05) is 24.5 Å². The Kier molecular flexibility index (Phi) is 3.31. The van der Waals surface area contributed by atoms with E-state index >= 15 is 0 Å². The van der Waals surface area contributed by atoms with Gasteiger partial charge in [0.1, 0.15) is 5.75 Å². The van der Waals surface area contributed by atoms with Crippen molar-refractivity contribution in [1.29, 1.82) is 0 Å². The molecule has 2 heterocycles. The van der Waals surface area contributed by atoms with Crippen molar-refractivity contribution >= 4 is 17.6 Å². The second kappa shape index (κ2) is 5.13. The number of benzene rings is 1. The molecule has 6 heteroatoms. The molecule has 6 nitrogen and oxygen atoms in total. The lowest BCUT2D eigenvalue weighted by molar-refractivity contribution is -0.145. The van der Waals surface area contributed by atoms with Crippen LogP contribution < -0.4 is 15.0 Å². The van der Waals surface area contributed by atoms with Gasteiger partial charge in [0.15, 0.2) is 0 Å². The second-order valence-electron chi connectivity index (χ2n) is 5.05. The summed E-state index contributed by atoms with van der Waals surface area (Å²) < 4.78 is 5.43. The van der Waals surface area contributed by atoms with E-state index in [2.05, 4.69) is 5.32 Å². The number of carboxylic acids is 1. The Morgan fingerprint density at radius 2 is 2.15 bits per heavy atom. The molecule has 2 aliphatic heterocycles.